The van der Waals surface area contributed by atoms with Crippen molar-refractivity contribution in [2.75, 3.05) is 12.3 Å². The van der Waals surface area contributed by atoms with Crippen molar-refractivity contribution < 1.29 is 8.42 Å². The standard InChI is InChI=1S/C11H23NO2S/c1-4-8-12-10-6-7-11(9(10)3)15(13,14)5-2/h9-12H,4-8H2,1-3H3. The topological polar surface area (TPSA) is 46.2 Å². The second kappa shape index (κ2) is 5.30. The molecule has 0 spiro atoms. The highest BCUT2D eigenvalue weighted by atomic mass is 32.2. The lowest BCUT2D eigenvalue weighted by Crippen LogP contribution is -2.37. The average Bonchev–Trinajstić information content (AvgIpc) is 2.57. The van der Waals surface area contributed by atoms with E-state index in [-0.39, 0.29) is 16.9 Å². The van der Waals surface area contributed by atoms with E-state index in [0.717, 1.165) is 25.8 Å². The smallest absolute Gasteiger partial charge is 0.153 e. The van der Waals surface area contributed by atoms with Crippen LogP contribution in [0.4, 0.5) is 0 Å². The molecular formula is C11H23NO2S. The van der Waals surface area contributed by atoms with Gasteiger partial charge in [-0.1, -0.05) is 20.8 Å². The molecule has 3 atom stereocenters. The molecule has 1 saturated carbocycles. The van der Waals surface area contributed by atoms with Gasteiger partial charge in [0.05, 0.1) is 5.25 Å². The van der Waals surface area contributed by atoms with E-state index in [1.807, 2.05) is 0 Å². The molecule has 0 radical (unpaired) electrons. The van der Waals surface area contributed by atoms with Crippen molar-refractivity contribution in [1.82, 2.24) is 5.32 Å². The first-order valence-electron chi connectivity index (χ1n) is 5.97. The Hall–Kier alpha value is -0.0900. The van der Waals surface area contributed by atoms with E-state index in [2.05, 4.69) is 19.2 Å². The third-order valence-corrected chi connectivity index (χ3v) is 5.90. The lowest BCUT2D eigenvalue weighted by atomic mass is 10.1. The van der Waals surface area contributed by atoms with Gasteiger partial charge in [0.1, 0.15) is 0 Å². The minimum absolute atomic E-state index is 0.114. The predicted octanol–water partition coefficient (Wildman–Crippen LogP) is 1.59. The highest BCUT2D eigenvalue weighted by Gasteiger charge is 2.39. The van der Waals surface area contributed by atoms with Crippen LogP contribution in [-0.2, 0) is 9.84 Å². The molecule has 1 aliphatic rings. The Balaban J connectivity index is 2.60. The van der Waals surface area contributed by atoms with Gasteiger partial charge >= 0.3 is 0 Å². The Morgan fingerprint density at radius 3 is 2.47 bits per heavy atom. The number of nitrogens with one attached hydrogen (secondary N) is 1. The maximum absolute atomic E-state index is 11.8. The zero-order valence-corrected chi connectivity index (χ0v) is 10.8. The van der Waals surface area contributed by atoms with Crippen molar-refractivity contribution in [2.45, 2.75) is 51.3 Å². The van der Waals surface area contributed by atoms with Gasteiger partial charge in [-0.3, -0.25) is 0 Å². The zero-order chi connectivity index (χ0) is 11.5. The molecule has 0 heterocycles. The fourth-order valence-corrected chi connectivity index (χ4v) is 4.23. The van der Waals surface area contributed by atoms with E-state index in [9.17, 15) is 8.42 Å². The molecule has 1 aliphatic carbocycles. The predicted molar refractivity (Wildman–Crippen MR) is 63.7 cm³/mol. The summed E-state index contributed by atoms with van der Waals surface area (Å²) in [5.74, 6) is 0.546. The third-order valence-electron chi connectivity index (χ3n) is 3.50. The quantitative estimate of drug-likeness (QED) is 0.784. The van der Waals surface area contributed by atoms with E-state index >= 15 is 0 Å². The van der Waals surface area contributed by atoms with Crippen LogP contribution in [0.15, 0.2) is 0 Å². The summed E-state index contributed by atoms with van der Waals surface area (Å²) in [5, 5.41) is 3.33. The molecule has 3 unspecified atom stereocenters. The van der Waals surface area contributed by atoms with Gasteiger partial charge in [0, 0.05) is 11.8 Å². The monoisotopic (exact) mass is 233 g/mol. The molecule has 15 heavy (non-hydrogen) atoms. The number of rotatable bonds is 5. The number of hydrogen-bond acceptors (Lipinski definition) is 3. The molecule has 0 bridgehead atoms. The largest absolute Gasteiger partial charge is 0.314 e. The molecule has 4 heteroatoms. The minimum atomic E-state index is -2.85. The first-order chi connectivity index (χ1) is 7.03. The lowest BCUT2D eigenvalue weighted by Gasteiger charge is -2.21. The SMILES string of the molecule is CCCNC1CCC(S(=O)(=O)CC)C1C. The van der Waals surface area contributed by atoms with E-state index in [0.29, 0.717) is 6.04 Å². The van der Waals surface area contributed by atoms with Crippen molar-refractivity contribution in [3.05, 3.63) is 0 Å². The highest BCUT2D eigenvalue weighted by Crippen LogP contribution is 2.31. The molecule has 3 nitrogen and oxygen atoms in total. The summed E-state index contributed by atoms with van der Waals surface area (Å²) in [7, 11) is -2.85. The lowest BCUT2D eigenvalue weighted by molar-refractivity contribution is 0.425. The number of hydrogen-bond donors (Lipinski definition) is 1. The van der Waals surface area contributed by atoms with Crippen molar-refractivity contribution in [3.8, 4) is 0 Å². The summed E-state index contributed by atoms with van der Waals surface area (Å²) in [6.45, 7) is 6.94. The van der Waals surface area contributed by atoms with Crippen LogP contribution in [0.1, 0.15) is 40.0 Å². The van der Waals surface area contributed by atoms with Gasteiger partial charge in [-0.05, 0) is 31.7 Å². The molecular weight excluding hydrogens is 210 g/mol. The van der Waals surface area contributed by atoms with Crippen LogP contribution in [0.5, 0.6) is 0 Å². The summed E-state index contributed by atoms with van der Waals surface area (Å²) in [6.07, 6.45) is 2.94. The van der Waals surface area contributed by atoms with Crippen LogP contribution in [0.25, 0.3) is 0 Å². The van der Waals surface area contributed by atoms with Crippen LogP contribution >= 0.6 is 0 Å². The maximum atomic E-state index is 11.8. The van der Waals surface area contributed by atoms with Crippen molar-refractivity contribution in [3.63, 3.8) is 0 Å². The Morgan fingerprint density at radius 2 is 1.93 bits per heavy atom. The summed E-state index contributed by atoms with van der Waals surface area (Å²) in [5.41, 5.74) is 0. The van der Waals surface area contributed by atoms with Gasteiger partial charge in [0.25, 0.3) is 0 Å². The van der Waals surface area contributed by atoms with Crippen molar-refractivity contribution in [2.24, 2.45) is 5.92 Å². The van der Waals surface area contributed by atoms with Crippen molar-refractivity contribution >= 4 is 9.84 Å². The normalized spacial score (nSPS) is 32.1. The minimum Gasteiger partial charge on any atom is -0.314 e. The Morgan fingerprint density at radius 1 is 1.27 bits per heavy atom. The first-order valence-corrected chi connectivity index (χ1v) is 7.69. The molecule has 0 aromatic rings. The van der Waals surface area contributed by atoms with Gasteiger partial charge in [0.2, 0.25) is 0 Å². The zero-order valence-electron chi connectivity index (χ0n) is 9.99. The van der Waals surface area contributed by atoms with Gasteiger partial charge < -0.3 is 5.32 Å². The maximum Gasteiger partial charge on any atom is 0.153 e. The van der Waals surface area contributed by atoms with Crippen LogP contribution < -0.4 is 5.32 Å². The fourth-order valence-electron chi connectivity index (χ4n) is 2.47. The molecule has 0 amide bonds. The van der Waals surface area contributed by atoms with Gasteiger partial charge in [0.15, 0.2) is 9.84 Å². The van der Waals surface area contributed by atoms with E-state index in [1.165, 1.54) is 0 Å². The van der Waals surface area contributed by atoms with Gasteiger partial charge in [-0.2, -0.15) is 0 Å². The Bertz CT molecular complexity index is 287. The summed E-state index contributed by atoms with van der Waals surface area (Å²) >= 11 is 0. The van der Waals surface area contributed by atoms with E-state index < -0.39 is 9.84 Å². The van der Waals surface area contributed by atoms with Crippen LogP contribution in [0.3, 0.4) is 0 Å². The Labute approximate surface area is 93.6 Å². The summed E-state index contributed by atoms with van der Waals surface area (Å²) in [6, 6.07) is 0.399. The molecule has 0 aliphatic heterocycles. The first kappa shape index (κ1) is 13.0. The van der Waals surface area contributed by atoms with Crippen LogP contribution in [0.2, 0.25) is 0 Å². The third kappa shape index (κ3) is 2.94. The van der Waals surface area contributed by atoms with Crippen LogP contribution in [-0.4, -0.2) is 32.0 Å². The van der Waals surface area contributed by atoms with E-state index in [4.69, 9.17) is 0 Å². The molecule has 0 saturated heterocycles. The highest BCUT2D eigenvalue weighted by molar-refractivity contribution is 7.92. The molecule has 90 valence electrons. The number of sulfone groups is 1. The fraction of sp³-hybridized carbons (Fsp3) is 1.00. The molecule has 1 fully saturated rings. The molecule has 1 rings (SSSR count). The van der Waals surface area contributed by atoms with Gasteiger partial charge in [-0.25, -0.2) is 8.42 Å². The van der Waals surface area contributed by atoms with Crippen LogP contribution in [0, 0.1) is 5.92 Å². The van der Waals surface area contributed by atoms with E-state index in [1.54, 1.807) is 6.92 Å². The summed E-state index contributed by atoms with van der Waals surface area (Å²) < 4.78 is 23.6. The molecule has 1 N–H and O–H groups in total. The Kier molecular flexibility index (Phi) is 4.59. The summed E-state index contributed by atoms with van der Waals surface area (Å²) in [4.78, 5) is 0. The average molecular weight is 233 g/mol. The van der Waals surface area contributed by atoms with Gasteiger partial charge in [-0.15, -0.1) is 0 Å². The van der Waals surface area contributed by atoms with Crippen molar-refractivity contribution in [1.29, 1.82) is 0 Å². The molecule has 0 aromatic heterocycles. The second-order valence-electron chi connectivity index (χ2n) is 4.49. The second-order valence-corrected chi connectivity index (χ2v) is 7.00. The molecule has 0 aromatic carbocycles.